The van der Waals surface area contributed by atoms with Crippen molar-refractivity contribution in [2.24, 2.45) is 0 Å². The van der Waals surface area contributed by atoms with Gasteiger partial charge in [-0.3, -0.25) is 4.98 Å². The number of aromatic nitrogens is 1. The van der Waals surface area contributed by atoms with E-state index in [2.05, 4.69) is 4.98 Å². The summed E-state index contributed by atoms with van der Waals surface area (Å²) in [4.78, 5) is 4.18. The molecule has 1 heterocycles. The molecule has 100 valence electrons. The molecule has 1 atom stereocenters. The van der Waals surface area contributed by atoms with Crippen LogP contribution in [0.1, 0.15) is 24.3 Å². The van der Waals surface area contributed by atoms with Gasteiger partial charge >= 0.3 is 0 Å². The molecule has 3 nitrogen and oxygen atoms in total. The van der Waals surface area contributed by atoms with Gasteiger partial charge in [0.25, 0.3) is 0 Å². The first-order valence-corrected chi connectivity index (χ1v) is 6.17. The van der Waals surface area contributed by atoms with Gasteiger partial charge < -0.3 is 9.84 Å². The molecule has 0 spiro atoms. The number of aliphatic hydroxyl groups excluding tert-OH is 1. The lowest BCUT2D eigenvalue weighted by Gasteiger charge is -2.09. The highest BCUT2D eigenvalue weighted by Crippen LogP contribution is 2.21. The van der Waals surface area contributed by atoms with Gasteiger partial charge in [0.05, 0.1) is 12.7 Å². The Hall–Kier alpha value is -1.94. The first-order valence-electron chi connectivity index (χ1n) is 6.17. The van der Waals surface area contributed by atoms with Crippen LogP contribution in [0.2, 0.25) is 0 Å². The van der Waals surface area contributed by atoms with Crippen LogP contribution in [0.15, 0.2) is 42.6 Å². The first kappa shape index (κ1) is 13.5. The fraction of sp³-hybridized carbons (Fsp3) is 0.267. The molecule has 0 fully saturated rings. The molecule has 4 heteroatoms. The van der Waals surface area contributed by atoms with Crippen LogP contribution in [0, 0.1) is 5.82 Å². The Morgan fingerprint density at radius 2 is 2.16 bits per heavy atom. The standard InChI is InChI=1S/C15H16FNO2/c1-11(18)14-6-5-13(10-15(14)16)19-9-7-12-4-2-3-8-17-12/h2-6,8,10-11,18H,7,9H2,1H3/t11-/m0/s1. The van der Waals surface area contributed by atoms with E-state index in [-0.39, 0.29) is 5.56 Å². The van der Waals surface area contributed by atoms with Gasteiger partial charge in [0.1, 0.15) is 11.6 Å². The van der Waals surface area contributed by atoms with E-state index < -0.39 is 11.9 Å². The molecule has 1 aromatic heterocycles. The highest BCUT2D eigenvalue weighted by atomic mass is 19.1. The van der Waals surface area contributed by atoms with Crippen LogP contribution < -0.4 is 4.74 Å². The van der Waals surface area contributed by atoms with Crippen molar-refractivity contribution in [2.45, 2.75) is 19.4 Å². The fourth-order valence-corrected chi connectivity index (χ4v) is 1.76. The van der Waals surface area contributed by atoms with Gasteiger partial charge in [0.2, 0.25) is 0 Å². The highest BCUT2D eigenvalue weighted by molar-refractivity contribution is 5.30. The van der Waals surface area contributed by atoms with E-state index in [1.165, 1.54) is 19.1 Å². The van der Waals surface area contributed by atoms with Gasteiger partial charge in [0.15, 0.2) is 0 Å². The van der Waals surface area contributed by atoms with Crippen LogP contribution in [0.5, 0.6) is 5.75 Å². The van der Waals surface area contributed by atoms with Crippen LogP contribution in [-0.2, 0) is 6.42 Å². The van der Waals surface area contributed by atoms with Gasteiger partial charge in [-0.1, -0.05) is 6.07 Å². The van der Waals surface area contributed by atoms with E-state index >= 15 is 0 Å². The smallest absolute Gasteiger partial charge is 0.132 e. The van der Waals surface area contributed by atoms with E-state index in [4.69, 9.17) is 4.74 Å². The van der Waals surface area contributed by atoms with E-state index in [0.717, 1.165) is 5.69 Å². The van der Waals surface area contributed by atoms with Crippen molar-refractivity contribution >= 4 is 0 Å². The van der Waals surface area contributed by atoms with Crippen LogP contribution >= 0.6 is 0 Å². The normalized spacial score (nSPS) is 12.2. The number of ether oxygens (including phenoxy) is 1. The quantitative estimate of drug-likeness (QED) is 0.899. The van der Waals surface area contributed by atoms with Gasteiger partial charge in [-0.15, -0.1) is 0 Å². The van der Waals surface area contributed by atoms with Crippen LogP contribution in [0.3, 0.4) is 0 Å². The topological polar surface area (TPSA) is 42.4 Å². The van der Waals surface area contributed by atoms with Gasteiger partial charge in [0, 0.05) is 29.9 Å². The number of aliphatic hydroxyl groups is 1. The third kappa shape index (κ3) is 3.76. The molecule has 0 aliphatic carbocycles. The van der Waals surface area contributed by atoms with Gasteiger partial charge in [-0.2, -0.15) is 0 Å². The number of hydrogen-bond acceptors (Lipinski definition) is 3. The summed E-state index contributed by atoms with van der Waals surface area (Å²) in [6.45, 7) is 1.96. The van der Waals surface area contributed by atoms with Crippen molar-refractivity contribution in [3.8, 4) is 5.75 Å². The van der Waals surface area contributed by atoms with E-state index in [9.17, 15) is 9.50 Å². The lowest BCUT2D eigenvalue weighted by Crippen LogP contribution is -2.03. The predicted molar refractivity (Wildman–Crippen MR) is 70.5 cm³/mol. The maximum atomic E-state index is 13.6. The number of rotatable bonds is 5. The molecule has 0 amide bonds. The Morgan fingerprint density at radius 1 is 1.32 bits per heavy atom. The molecule has 19 heavy (non-hydrogen) atoms. The average molecular weight is 261 g/mol. The van der Waals surface area contributed by atoms with Crippen molar-refractivity contribution in [2.75, 3.05) is 6.61 Å². The molecule has 0 unspecified atom stereocenters. The summed E-state index contributed by atoms with van der Waals surface area (Å²) in [6, 6.07) is 10.2. The fourth-order valence-electron chi connectivity index (χ4n) is 1.76. The largest absolute Gasteiger partial charge is 0.493 e. The number of halogens is 1. The van der Waals surface area contributed by atoms with Crippen molar-refractivity contribution in [3.63, 3.8) is 0 Å². The minimum absolute atomic E-state index is 0.275. The minimum atomic E-state index is -0.817. The lowest BCUT2D eigenvalue weighted by molar-refractivity contribution is 0.194. The molecule has 0 aliphatic heterocycles. The third-order valence-electron chi connectivity index (χ3n) is 2.78. The van der Waals surface area contributed by atoms with E-state index in [0.29, 0.717) is 18.8 Å². The SMILES string of the molecule is C[C@H](O)c1ccc(OCCc2ccccn2)cc1F. The monoisotopic (exact) mass is 261 g/mol. The Morgan fingerprint density at radius 3 is 2.79 bits per heavy atom. The zero-order valence-electron chi connectivity index (χ0n) is 10.7. The van der Waals surface area contributed by atoms with Gasteiger partial charge in [-0.25, -0.2) is 4.39 Å². The summed E-state index contributed by atoms with van der Waals surface area (Å²) in [6.07, 6.45) is 1.58. The molecule has 0 bridgehead atoms. The number of benzene rings is 1. The van der Waals surface area contributed by atoms with E-state index in [1.54, 1.807) is 12.3 Å². The molecule has 0 radical (unpaired) electrons. The summed E-state index contributed by atoms with van der Waals surface area (Å²) >= 11 is 0. The maximum absolute atomic E-state index is 13.6. The summed E-state index contributed by atoms with van der Waals surface area (Å²) < 4.78 is 19.1. The Bertz CT molecular complexity index is 529. The third-order valence-corrected chi connectivity index (χ3v) is 2.78. The average Bonchev–Trinajstić information content (AvgIpc) is 2.39. The van der Waals surface area contributed by atoms with Crippen LogP contribution in [0.25, 0.3) is 0 Å². The second kappa shape index (κ2) is 6.29. The number of nitrogens with zero attached hydrogens (tertiary/aromatic N) is 1. The lowest BCUT2D eigenvalue weighted by atomic mass is 10.1. The molecule has 1 aromatic carbocycles. The van der Waals surface area contributed by atoms with Crippen molar-refractivity contribution in [3.05, 3.63) is 59.7 Å². The predicted octanol–water partition coefficient (Wildman–Crippen LogP) is 2.90. The van der Waals surface area contributed by atoms with Crippen molar-refractivity contribution < 1.29 is 14.2 Å². The first-order chi connectivity index (χ1) is 9.16. The van der Waals surface area contributed by atoms with Crippen molar-refractivity contribution in [1.29, 1.82) is 0 Å². The number of hydrogen-bond donors (Lipinski definition) is 1. The second-order valence-electron chi connectivity index (χ2n) is 4.28. The van der Waals surface area contributed by atoms with Crippen LogP contribution in [0.4, 0.5) is 4.39 Å². The minimum Gasteiger partial charge on any atom is -0.493 e. The van der Waals surface area contributed by atoms with E-state index in [1.807, 2.05) is 18.2 Å². The Balaban J connectivity index is 1.92. The summed E-state index contributed by atoms with van der Waals surface area (Å²) in [5.74, 6) is 0.00293. The molecular formula is C15H16FNO2. The zero-order valence-corrected chi connectivity index (χ0v) is 10.7. The van der Waals surface area contributed by atoms with Crippen LogP contribution in [-0.4, -0.2) is 16.7 Å². The summed E-state index contributed by atoms with van der Waals surface area (Å²) in [5.41, 5.74) is 1.21. The maximum Gasteiger partial charge on any atom is 0.132 e. The molecule has 1 N–H and O–H groups in total. The van der Waals surface area contributed by atoms with Gasteiger partial charge in [-0.05, 0) is 31.2 Å². The highest BCUT2D eigenvalue weighted by Gasteiger charge is 2.08. The molecule has 2 rings (SSSR count). The molecular weight excluding hydrogens is 245 g/mol. The molecule has 0 saturated carbocycles. The zero-order chi connectivity index (χ0) is 13.7. The Kier molecular flexibility index (Phi) is 4.47. The Labute approximate surface area is 111 Å². The molecule has 2 aromatic rings. The number of pyridine rings is 1. The molecule has 0 aliphatic rings. The summed E-state index contributed by atoms with van der Waals surface area (Å²) in [5, 5.41) is 9.33. The second-order valence-corrected chi connectivity index (χ2v) is 4.28. The molecule has 0 saturated heterocycles. The summed E-state index contributed by atoms with van der Waals surface area (Å²) in [7, 11) is 0. The van der Waals surface area contributed by atoms with Crippen molar-refractivity contribution in [1.82, 2.24) is 4.98 Å².